The molecule has 1 heterocycles. The standard InChI is InChI=1S/C18H13N3O2/c22-17-8-7-16(20-21-17)18(23)19-13-5-6-15-12(10-13)9-11-3-1-2-4-14(11)15/h1-8,10H,9H2,(H,19,23)(H,21,22). The molecule has 3 aromatic rings. The minimum absolute atomic E-state index is 0.174. The van der Waals surface area contributed by atoms with E-state index in [0.717, 1.165) is 12.1 Å². The number of amides is 1. The van der Waals surface area contributed by atoms with Crippen LogP contribution < -0.4 is 10.9 Å². The third kappa shape index (κ3) is 2.42. The fourth-order valence-corrected chi connectivity index (χ4v) is 2.89. The molecule has 0 bridgehead atoms. The van der Waals surface area contributed by atoms with E-state index < -0.39 is 0 Å². The van der Waals surface area contributed by atoms with Crippen molar-refractivity contribution in [3.8, 4) is 11.1 Å². The molecule has 2 aromatic carbocycles. The first-order chi connectivity index (χ1) is 11.2. The molecule has 0 atom stereocenters. The van der Waals surface area contributed by atoms with Gasteiger partial charge in [-0.05, 0) is 46.9 Å². The van der Waals surface area contributed by atoms with Crippen molar-refractivity contribution < 1.29 is 4.79 Å². The molecule has 0 fully saturated rings. The van der Waals surface area contributed by atoms with Crippen molar-refractivity contribution in [3.05, 3.63) is 81.8 Å². The predicted molar refractivity (Wildman–Crippen MR) is 87.5 cm³/mol. The molecule has 1 aliphatic rings. The van der Waals surface area contributed by atoms with E-state index in [2.05, 4.69) is 27.6 Å². The summed E-state index contributed by atoms with van der Waals surface area (Å²) in [6.45, 7) is 0. The Balaban J connectivity index is 1.60. The molecule has 0 unspecified atom stereocenters. The van der Waals surface area contributed by atoms with Crippen LogP contribution in [-0.4, -0.2) is 16.1 Å². The second-order valence-corrected chi connectivity index (χ2v) is 5.47. The monoisotopic (exact) mass is 303 g/mol. The van der Waals surface area contributed by atoms with Crippen LogP contribution in [0.1, 0.15) is 21.6 Å². The lowest BCUT2D eigenvalue weighted by Crippen LogP contribution is -2.17. The number of carbonyl (C=O) groups is 1. The van der Waals surface area contributed by atoms with E-state index in [1.807, 2.05) is 30.3 Å². The minimum atomic E-state index is -0.350. The van der Waals surface area contributed by atoms with Crippen LogP contribution in [0.2, 0.25) is 0 Å². The molecule has 5 heteroatoms. The fourth-order valence-electron chi connectivity index (χ4n) is 2.89. The first-order valence-corrected chi connectivity index (χ1v) is 7.29. The molecule has 1 aliphatic carbocycles. The lowest BCUT2D eigenvalue weighted by molar-refractivity contribution is 0.102. The van der Waals surface area contributed by atoms with Crippen LogP contribution >= 0.6 is 0 Å². The Kier molecular flexibility index (Phi) is 3.05. The predicted octanol–water partition coefficient (Wildman–Crippen LogP) is 2.59. The second-order valence-electron chi connectivity index (χ2n) is 5.47. The maximum absolute atomic E-state index is 12.1. The second kappa shape index (κ2) is 5.21. The normalized spacial score (nSPS) is 11.7. The number of anilines is 1. The Labute approximate surface area is 132 Å². The van der Waals surface area contributed by atoms with Gasteiger partial charge in [-0.3, -0.25) is 9.59 Å². The Morgan fingerprint density at radius 3 is 2.65 bits per heavy atom. The van der Waals surface area contributed by atoms with Crippen molar-refractivity contribution >= 4 is 11.6 Å². The number of hydrogen-bond acceptors (Lipinski definition) is 3. The van der Waals surface area contributed by atoms with E-state index >= 15 is 0 Å². The van der Waals surface area contributed by atoms with Gasteiger partial charge in [-0.2, -0.15) is 5.10 Å². The van der Waals surface area contributed by atoms with Crippen molar-refractivity contribution in [1.82, 2.24) is 10.2 Å². The molecular weight excluding hydrogens is 290 g/mol. The van der Waals surface area contributed by atoms with Gasteiger partial charge >= 0.3 is 0 Å². The van der Waals surface area contributed by atoms with Gasteiger partial charge in [0.2, 0.25) is 0 Å². The van der Waals surface area contributed by atoms with Crippen LogP contribution in [0.4, 0.5) is 5.69 Å². The first-order valence-electron chi connectivity index (χ1n) is 7.29. The molecule has 4 rings (SSSR count). The topological polar surface area (TPSA) is 74.8 Å². The molecule has 112 valence electrons. The molecule has 23 heavy (non-hydrogen) atoms. The van der Waals surface area contributed by atoms with Crippen LogP contribution in [0.5, 0.6) is 0 Å². The third-order valence-corrected chi connectivity index (χ3v) is 3.96. The highest BCUT2D eigenvalue weighted by atomic mass is 16.2. The number of fused-ring (bicyclic) bond motifs is 3. The highest BCUT2D eigenvalue weighted by Crippen LogP contribution is 2.37. The largest absolute Gasteiger partial charge is 0.321 e. The molecule has 2 N–H and O–H groups in total. The lowest BCUT2D eigenvalue weighted by atomic mass is 10.1. The number of carbonyl (C=O) groups excluding carboxylic acids is 1. The van der Waals surface area contributed by atoms with Gasteiger partial charge in [-0.15, -0.1) is 0 Å². The SMILES string of the molecule is O=C(Nc1ccc2c(c1)Cc1ccccc1-2)c1ccc(=O)[nH]n1. The van der Waals surface area contributed by atoms with E-state index in [9.17, 15) is 9.59 Å². The van der Waals surface area contributed by atoms with Crippen LogP contribution in [0.25, 0.3) is 11.1 Å². The van der Waals surface area contributed by atoms with Crippen molar-refractivity contribution in [2.75, 3.05) is 5.32 Å². The highest BCUT2D eigenvalue weighted by Gasteiger charge is 2.18. The van der Waals surface area contributed by atoms with Crippen molar-refractivity contribution in [2.24, 2.45) is 0 Å². The number of aromatic nitrogens is 2. The van der Waals surface area contributed by atoms with Crippen LogP contribution in [-0.2, 0) is 6.42 Å². The molecule has 5 nitrogen and oxygen atoms in total. The average molecular weight is 303 g/mol. The molecule has 0 saturated heterocycles. The van der Waals surface area contributed by atoms with E-state index in [1.165, 1.54) is 34.4 Å². The van der Waals surface area contributed by atoms with Gasteiger partial charge in [-0.1, -0.05) is 30.3 Å². The Morgan fingerprint density at radius 1 is 1.00 bits per heavy atom. The number of rotatable bonds is 2. The van der Waals surface area contributed by atoms with Gasteiger partial charge in [0, 0.05) is 11.8 Å². The van der Waals surface area contributed by atoms with Gasteiger partial charge in [0.1, 0.15) is 5.69 Å². The van der Waals surface area contributed by atoms with Crippen LogP contribution in [0, 0.1) is 0 Å². The molecule has 0 spiro atoms. The zero-order valence-electron chi connectivity index (χ0n) is 12.2. The van der Waals surface area contributed by atoms with Gasteiger partial charge < -0.3 is 5.32 Å². The maximum atomic E-state index is 12.1. The maximum Gasteiger partial charge on any atom is 0.276 e. The quantitative estimate of drug-likeness (QED) is 0.597. The summed E-state index contributed by atoms with van der Waals surface area (Å²) in [5.41, 5.74) is 5.51. The number of nitrogens with zero attached hydrogens (tertiary/aromatic N) is 1. The van der Waals surface area contributed by atoms with Gasteiger partial charge in [0.15, 0.2) is 0 Å². The Hall–Kier alpha value is -3.21. The van der Waals surface area contributed by atoms with Crippen molar-refractivity contribution in [2.45, 2.75) is 6.42 Å². The van der Waals surface area contributed by atoms with Crippen LogP contribution in [0.15, 0.2) is 59.4 Å². The molecule has 0 saturated carbocycles. The fraction of sp³-hybridized carbons (Fsp3) is 0.0556. The number of benzene rings is 2. The molecule has 0 aliphatic heterocycles. The summed E-state index contributed by atoms with van der Waals surface area (Å²) >= 11 is 0. The number of H-pyrrole nitrogens is 1. The zero-order valence-corrected chi connectivity index (χ0v) is 12.2. The lowest BCUT2D eigenvalue weighted by Gasteiger charge is -2.07. The number of nitrogens with one attached hydrogen (secondary N) is 2. The van der Waals surface area contributed by atoms with Crippen LogP contribution in [0.3, 0.4) is 0 Å². The smallest absolute Gasteiger partial charge is 0.276 e. The molecule has 1 amide bonds. The molecule has 1 aromatic heterocycles. The van der Waals surface area contributed by atoms with Gasteiger partial charge in [0.25, 0.3) is 11.5 Å². The summed E-state index contributed by atoms with van der Waals surface area (Å²) in [6.07, 6.45) is 0.867. The van der Waals surface area contributed by atoms with Gasteiger partial charge in [0.05, 0.1) is 0 Å². The highest BCUT2D eigenvalue weighted by molar-refractivity contribution is 6.03. The van der Waals surface area contributed by atoms with E-state index in [1.54, 1.807) is 0 Å². The third-order valence-electron chi connectivity index (χ3n) is 3.96. The van der Waals surface area contributed by atoms with E-state index in [-0.39, 0.29) is 17.2 Å². The summed E-state index contributed by atoms with van der Waals surface area (Å²) in [4.78, 5) is 23.1. The summed E-state index contributed by atoms with van der Waals surface area (Å²) in [7, 11) is 0. The van der Waals surface area contributed by atoms with Gasteiger partial charge in [-0.25, -0.2) is 5.10 Å². The van der Waals surface area contributed by atoms with Crippen molar-refractivity contribution in [3.63, 3.8) is 0 Å². The molecular formula is C18H13N3O2. The Bertz CT molecular complexity index is 956. The van der Waals surface area contributed by atoms with Crippen molar-refractivity contribution in [1.29, 1.82) is 0 Å². The average Bonchev–Trinajstić information content (AvgIpc) is 2.93. The minimum Gasteiger partial charge on any atom is -0.321 e. The number of aromatic amines is 1. The zero-order chi connectivity index (χ0) is 15.8. The molecule has 0 radical (unpaired) electrons. The Morgan fingerprint density at radius 2 is 1.83 bits per heavy atom. The van der Waals surface area contributed by atoms with E-state index in [0.29, 0.717) is 0 Å². The summed E-state index contributed by atoms with van der Waals surface area (Å²) in [5, 5.41) is 8.79. The summed E-state index contributed by atoms with van der Waals surface area (Å²) in [6, 6.07) is 16.9. The van der Waals surface area contributed by atoms with E-state index in [4.69, 9.17) is 0 Å². The summed E-state index contributed by atoms with van der Waals surface area (Å²) < 4.78 is 0. The first kappa shape index (κ1) is 13.5. The summed E-state index contributed by atoms with van der Waals surface area (Å²) in [5.74, 6) is -0.350. The number of hydrogen-bond donors (Lipinski definition) is 2.